The number of halogens is 2. The molecule has 0 amide bonds. The van der Waals surface area contributed by atoms with Gasteiger partial charge >= 0.3 is 0 Å². The molecule has 2 unspecified atom stereocenters. The lowest BCUT2D eigenvalue weighted by molar-refractivity contribution is -0.0544. The van der Waals surface area contributed by atoms with Crippen LogP contribution in [0.15, 0.2) is 48.5 Å². The molecule has 2 aliphatic heterocycles. The first kappa shape index (κ1) is 16.7. The Labute approximate surface area is 147 Å². The topological polar surface area (TPSA) is 23.5 Å². The zero-order chi connectivity index (χ0) is 17.4. The highest BCUT2D eigenvalue weighted by Crippen LogP contribution is 2.43. The van der Waals surface area contributed by atoms with Crippen molar-refractivity contribution < 1.29 is 13.9 Å². The molecule has 4 heteroatoms. The summed E-state index contributed by atoms with van der Waals surface area (Å²) < 4.78 is 27.1. The monoisotopic (exact) mass is 343 g/mol. The van der Waals surface area contributed by atoms with Crippen LogP contribution in [0.1, 0.15) is 36.8 Å². The number of fused-ring (bicyclic) bond motifs is 2. The number of hydrogen-bond acceptors (Lipinski definition) is 2. The molecule has 2 nitrogen and oxygen atoms in total. The summed E-state index contributed by atoms with van der Waals surface area (Å²) in [6.07, 6.45) is 3.70. The molecule has 0 aromatic heterocycles. The summed E-state index contributed by atoms with van der Waals surface area (Å²) in [5, 5.41) is 11.1. The average Bonchev–Trinajstić information content (AvgIpc) is 2.83. The Balaban J connectivity index is 1.48. The number of benzene rings is 2. The molecule has 0 saturated carbocycles. The summed E-state index contributed by atoms with van der Waals surface area (Å²) in [5.41, 5.74) is 0.784. The van der Waals surface area contributed by atoms with Gasteiger partial charge in [0.15, 0.2) is 0 Å². The van der Waals surface area contributed by atoms with Crippen LogP contribution in [0.3, 0.4) is 0 Å². The predicted octanol–water partition coefficient (Wildman–Crippen LogP) is 4.07. The molecule has 0 spiro atoms. The fourth-order valence-electron chi connectivity index (χ4n) is 4.63. The van der Waals surface area contributed by atoms with Crippen LogP contribution in [0.5, 0.6) is 0 Å². The Kier molecular flexibility index (Phi) is 4.34. The highest BCUT2D eigenvalue weighted by molar-refractivity contribution is 5.22. The number of rotatable bonds is 4. The smallest absolute Gasteiger partial charge is 0.129 e. The highest BCUT2D eigenvalue weighted by atomic mass is 19.1. The molecule has 2 aliphatic rings. The zero-order valence-electron chi connectivity index (χ0n) is 14.2. The van der Waals surface area contributed by atoms with Crippen LogP contribution in [0.25, 0.3) is 0 Å². The van der Waals surface area contributed by atoms with Crippen LogP contribution < -0.4 is 0 Å². The molecular formula is C21H23F2NO. The Bertz CT molecular complexity index is 735. The second kappa shape index (κ2) is 6.50. The van der Waals surface area contributed by atoms with Crippen LogP contribution in [0.4, 0.5) is 8.78 Å². The SMILES string of the molecule is OC1(Cc2ccc(F)cc2F)CC2CCC(C1)N2Cc1ccccc1. The van der Waals surface area contributed by atoms with Gasteiger partial charge < -0.3 is 5.11 Å². The van der Waals surface area contributed by atoms with Crippen molar-refractivity contribution in [1.82, 2.24) is 4.90 Å². The van der Waals surface area contributed by atoms with Gasteiger partial charge in [-0.2, -0.15) is 0 Å². The van der Waals surface area contributed by atoms with Gasteiger partial charge in [-0.15, -0.1) is 0 Å². The maximum absolute atomic E-state index is 14.0. The van der Waals surface area contributed by atoms with Crippen molar-refractivity contribution in [3.63, 3.8) is 0 Å². The van der Waals surface area contributed by atoms with Crippen molar-refractivity contribution in [3.8, 4) is 0 Å². The van der Waals surface area contributed by atoms with Gasteiger partial charge in [-0.25, -0.2) is 8.78 Å². The molecule has 2 heterocycles. The predicted molar refractivity (Wildman–Crippen MR) is 93.0 cm³/mol. The standard InChI is InChI=1S/C21H23F2NO/c22-17-7-6-16(20(23)10-17)11-21(25)12-18-8-9-19(13-21)24(18)14-15-4-2-1-3-5-15/h1-7,10,18-19,25H,8-9,11-14H2. The van der Waals surface area contributed by atoms with E-state index >= 15 is 0 Å². The van der Waals surface area contributed by atoms with Crippen molar-refractivity contribution in [2.75, 3.05) is 0 Å². The van der Waals surface area contributed by atoms with Crippen molar-refractivity contribution in [2.24, 2.45) is 0 Å². The van der Waals surface area contributed by atoms with Crippen LogP contribution >= 0.6 is 0 Å². The molecular weight excluding hydrogens is 320 g/mol. The third-order valence-electron chi connectivity index (χ3n) is 5.74. The molecule has 2 bridgehead atoms. The van der Waals surface area contributed by atoms with Gasteiger partial charge in [0.25, 0.3) is 0 Å². The third-order valence-corrected chi connectivity index (χ3v) is 5.74. The maximum Gasteiger partial charge on any atom is 0.129 e. The number of nitrogens with zero attached hydrogens (tertiary/aromatic N) is 1. The van der Waals surface area contributed by atoms with Gasteiger partial charge in [0.1, 0.15) is 11.6 Å². The number of piperidine rings is 1. The maximum atomic E-state index is 14.0. The molecule has 2 saturated heterocycles. The quantitative estimate of drug-likeness (QED) is 0.905. The van der Waals surface area contributed by atoms with Gasteiger partial charge in [-0.3, -0.25) is 4.90 Å². The average molecular weight is 343 g/mol. The van der Waals surface area contributed by atoms with Crippen molar-refractivity contribution in [2.45, 2.75) is 56.3 Å². The molecule has 4 rings (SSSR count). The second-order valence-electron chi connectivity index (χ2n) is 7.59. The fourth-order valence-corrected chi connectivity index (χ4v) is 4.63. The highest BCUT2D eigenvalue weighted by Gasteiger charge is 2.47. The third kappa shape index (κ3) is 3.46. The van der Waals surface area contributed by atoms with Gasteiger partial charge in [0.2, 0.25) is 0 Å². The molecule has 132 valence electrons. The van der Waals surface area contributed by atoms with E-state index in [1.165, 1.54) is 17.7 Å². The molecule has 2 aromatic rings. The number of hydrogen-bond donors (Lipinski definition) is 1. The van der Waals surface area contributed by atoms with Crippen molar-refractivity contribution in [1.29, 1.82) is 0 Å². The molecule has 0 aliphatic carbocycles. The van der Waals surface area contributed by atoms with E-state index in [0.29, 0.717) is 30.5 Å². The first-order valence-corrected chi connectivity index (χ1v) is 8.98. The summed E-state index contributed by atoms with van der Waals surface area (Å²) in [5.74, 6) is -1.14. The summed E-state index contributed by atoms with van der Waals surface area (Å²) in [7, 11) is 0. The Morgan fingerprint density at radius 2 is 1.68 bits per heavy atom. The summed E-state index contributed by atoms with van der Waals surface area (Å²) >= 11 is 0. The van der Waals surface area contributed by atoms with E-state index in [1.807, 2.05) is 6.07 Å². The summed E-state index contributed by atoms with van der Waals surface area (Å²) in [6, 6.07) is 14.7. The summed E-state index contributed by atoms with van der Waals surface area (Å²) in [4.78, 5) is 2.49. The first-order valence-electron chi connectivity index (χ1n) is 8.98. The van der Waals surface area contributed by atoms with E-state index in [-0.39, 0.29) is 6.42 Å². The summed E-state index contributed by atoms with van der Waals surface area (Å²) in [6.45, 7) is 0.900. The van der Waals surface area contributed by atoms with Crippen LogP contribution in [0, 0.1) is 11.6 Å². The second-order valence-corrected chi connectivity index (χ2v) is 7.59. The van der Waals surface area contributed by atoms with E-state index in [0.717, 1.165) is 25.5 Å². The van der Waals surface area contributed by atoms with Crippen LogP contribution in [-0.4, -0.2) is 27.7 Å². The number of aliphatic hydroxyl groups is 1. The molecule has 25 heavy (non-hydrogen) atoms. The molecule has 2 atom stereocenters. The minimum atomic E-state index is -0.905. The van der Waals surface area contributed by atoms with E-state index in [9.17, 15) is 13.9 Å². The van der Waals surface area contributed by atoms with Gasteiger partial charge in [-0.1, -0.05) is 36.4 Å². The molecule has 2 aromatic carbocycles. The van der Waals surface area contributed by atoms with Crippen molar-refractivity contribution in [3.05, 3.63) is 71.3 Å². The van der Waals surface area contributed by atoms with Gasteiger partial charge in [-0.05, 0) is 42.9 Å². The lowest BCUT2D eigenvalue weighted by Crippen LogP contribution is -2.51. The Morgan fingerprint density at radius 3 is 2.32 bits per heavy atom. The molecule has 2 fully saturated rings. The first-order chi connectivity index (χ1) is 12.0. The van der Waals surface area contributed by atoms with E-state index < -0.39 is 17.2 Å². The van der Waals surface area contributed by atoms with Crippen molar-refractivity contribution >= 4 is 0 Å². The van der Waals surface area contributed by atoms with E-state index in [4.69, 9.17) is 0 Å². The molecule has 1 N–H and O–H groups in total. The van der Waals surface area contributed by atoms with Crippen LogP contribution in [-0.2, 0) is 13.0 Å². The largest absolute Gasteiger partial charge is 0.389 e. The minimum Gasteiger partial charge on any atom is -0.389 e. The Hall–Kier alpha value is -1.78. The zero-order valence-corrected chi connectivity index (χ0v) is 14.2. The van der Waals surface area contributed by atoms with E-state index in [2.05, 4.69) is 29.2 Å². The van der Waals surface area contributed by atoms with Crippen LogP contribution in [0.2, 0.25) is 0 Å². The van der Waals surface area contributed by atoms with Gasteiger partial charge in [0, 0.05) is 31.1 Å². The lowest BCUT2D eigenvalue weighted by Gasteiger charge is -2.44. The van der Waals surface area contributed by atoms with E-state index in [1.54, 1.807) is 0 Å². The lowest BCUT2D eigenvalue weighted by atomic mass is 9.81. The molecule has 0 radical (unpaired) electrons. The normalized spacial score (nSPS) is 29.1. The fraction of sp³-hybridized carbons (Fsp3) is 0.429. The van der Waals surface area contributed by atoms with Gasteiger partial charge in [0.05, 0.1) is 5.60 Å². The minimum absolute atomic E-state index is 0.255. The Morgan fingerprint density at radius 1 is 1.00 bits per heavy atom.